The van der Waals surface area contributed by atoms with Gasteiger partial charge in [-0.2, -0.15) is 0 Å². The first-order valence-corrected chi connectivity index (χ1v) is 4.00. The fraction of sp³-hybridized carbons (Fsp3) is 1.00. The third-order valence-corrected chi connectivity index (χ3v) is 2.58. The Hall–Kier alpha value is -0.0800. The van der Waals surface area contributed by atoms with Gasteiger partial charge >= 0.3 is 0 Å². The molecule has 0 radical (unpaired) electrons. The van der Waals surface area contributed by atoms with Crippen LogP contribution in [-0.2, 0) is 4.74 Å². The van der Waals surface area contributed by atoms with E-state index >= 15 is 0 Å². The highest BCUT2D eigenvalue weighted by Crippen LogP contribution is 2.31. The molecule has 1 heterocycles. The first-order valence-electron chi connectivity index (χ1n) is 4.00. The average Bonchev–Trinajstić information content (AvgIpc) is 2.17. The summed E-state index contributed by atoms with van der Waals surface area (Å²) in [5, 5.41) is 9.25. The number of ether oxygens (including phenoxy) is 1. The van der Waals surface area contributed by atoms with Crippen molar-refractivity contribution in [3.63, 3.8) is 0 Å². The molecule has 2 nitrogen and oxygen atoms in total. The molecule has 1 unspecified atom stereocenters. The number of aliphatic hydroxyl groups is 1. The molecular formula is C8H16O2. The van der Waals surface area contributed by atoms with E-state index in [1.807, 2.05) is 6.92 Å². The van der Waals surface area contributed by atoms with Gasteiger partial charge in [-0.25, -0.2) is 0 Å². The first kappa shape index (κ1) is 8.02. The highest BCUT2D eigenvalue weighted by atomic mass is 16.6. The van der Waals surface area contributed by atoms with Crippen LogP contribution in [0.25, 0.3) is 0 Å². The van der Waals surface area contributed by atoms with Crippen LogP contribution in [0.3, 0.4) is 0 Å². The predicted octanol–water partition coefficient (Wildman–Crippen LogP) is 1.39. The molecular weight excluding hydrogens is 128 g/mol. The second-order valence-corrected chi connectivity index (χ2v) is 3.19. The zero-order valence-electron chi connectivity index (χ0n) is 6.87. The van der Waals surface area contributed by atoms with E-state index in [1.165, 1.54) is 0 Å². The van der Waals surface area contributed by atoms with E-state index in [-0.39, 0.29) is 6.10 Å². The standard InChI is InChI=1S/C8H16O2/c1-4-7-5(2)6(3)8(9)10-7/h5-9H,4H2,1-3H3/t5-,6-,7+,8?/m0/s1. The fourth-order valence-electron chi connectivity index (χ4n) is 1.49. The first-order chi connectivity index (χ1) is 4.66. The van der Waals surface area contributed by atoms with Crippen molar-refractivity contribution in [1.82, 2.24) is 0 Å². The highest BCUT2D eigenvalue weighted by molar-refractivity contribution is 4.79. The van der Waals surface area contributed by atoms with Crippen LogP contribution in [0.2, 0.25) is 0 Å². The normalized spacial score (nSPS) is 48.0. The minimum atomic E-state index is -0.528. The fourth-order valence-corrected chi connectivity index (χ4v) is 1.49. The highest BCUT2D eigenvalue weighted by Gasteiger charge is 2.36. The number of rotatable bonds is 1. The Morgan fingerprint density at radius 1 is 1.30 bits per heavy atom. The molecule has 1 aliphatic heterocycles. The molecule has 1 N–H and O–H groups in total. The van der Waals surface area contributed by atoms with Gasteiger partial charge in [0.15, 0.2) is 6.29 Å². The Morgan fingerprint density at radius 3 is 2.10 bits per heavy atom. The van der Waals surface area contributed by atoms with E-state index in [1.54, 1.807) is 0 Å². The Balaban J connectivity index is 2.53. The second kappa shape index (κ2) is 2.89. The van der Waals surface area contributed by atoms with E-state index in [0.717, 1.165) is 6.42 Å². The van der Waals surface area contributed by atoms with Crippen molar-refractivity contribution >= 4 is 0 Å². The van der Waals surface area contributed by atoms with E-state index in [0.29, 0.717) is 11.8 Å². The van der Waals surface area contributed by atoms with Gasteiger partial charge in [-0.3, -0.25) is 0 Å². The van der Waals surface area contributed by atoms with Gasteiger partial charge in [0.25, 0.3) is 0 Å². The Labute approximate surface area is 62.2 Å². The molecule has 60 valence electrons. The molecule has 1 fully saturated rings. The minimum Gasteiger partial charge on any atom is -0.368 e. The van der Waals surface area contributed by atoms with Gasteiger partial charge in [0.05, 0.1) is 6.10 Å². The third kappa shape index (κ3) is 1.18. The molecule has 0 spiro atoms. The van der Waals surface area contributed by atoms with Gasteiger partial charge in [0.2, 0.25) is 0 Å². The monoisotopic (exact) mass is 144 g/mol. The Bertz CT molecular complexity index is 114. The smallest absolute Gasteiger partial charge is 0.157 e. The number of aliphatic hydroxyl groups excluding tert-OH is 1. The lowest BCUT2D eigenvalue weighted by Gasteiger charge is -2.12. The molecule has 0 aromatic carbocycles. The maximum absolute atomic E-state index is 9.25. The largest absolute Gasteiger partial charge is 0.368 e. The van der Waals surface area contributed by atoms with Crippen LogP contribution in [0.4, 0.5) is 0 Å². The zero-order valence-corrected chi connectivity index (χ0v) is 6.87. The van der Waals surface area contributed by atoms with Crippen molar-refractivity contribution < 1.29 is 9.84 Å². The summed E-state index contributed by atoms with van der Waals surface area (Å²) < 4.78 is 5.29. The molecule has 0 aromatic heterocycles. The molecule has 1 saturated heterocycles. The summed E-state index contributed by atoms with van der Waals surface area (Å²) in [5.74, 6) is 0.796. The number of hydrogen-bond acceptors (Lipinski definition) is 2. The lowest BCUT2D eigenvalue weighted by molar-refractivity contribution is -0.106. The summed E-state index contributed by atoms with van der Waals surface area (Å²) in [5.41, 5.74) is 0. The lowest BCUT2D eigenvalue weighted by Crippen LogP contribution is -2.15. The van der Waals surface area contributed by atoms with E-state index in [4.69, 9.17) is 4.74 Å². The molecule has 0 aliphatic carbocycles. The van der Waals surface area contributed by atoms with Crippen molar-refractivity contribution in [2.75, 3.05) is 0 Å². The van der Waals surface area contributed by atoms with Gasteiger partial charge < -0.3 is 9.84 Å². The quantitative estimate of drug-likeness (QED) is 0.602. The summed E-state index contributed by atoms with van der Waals surface area (Å²) in [6.45, 7) is 6.26. The van der Waals surface area contributed by atoms with Crippen LogP contribution in [0, 0.1) is 11.8 Å². The minimum absolute atomic E-state index is 0.269. The molecule has 10 heavy (non-hydrogen) atoms. The van der Waals surface area contributed by atoms with E-state index < -0.39 is 6.29 Å². The van der Waals surface area contributed by atoms with Crippen LogP contribution in [0.5, 0.6) is 0 Å². The van der Waals surface area contributed by atoms with Gasteiger partial charge in [-0.05, 0) is 12.3 Å². The summed E-state index contributed by atoms with van der Waals surface area (Å²) >= 11 is 0. The van der Waals surface area contributed by atoms with Gasteiger partial charge in [-0.15, -0.1) is 0 Å². The van der Waals surface area contributed by atoms with Gasteiger partial charge in [0, 0.05) is 5.92 Å². The molecule has 2 heteroatoms. The lowest BCUT2D eigenvalue weighted by atomic mass is 9.92. The average molecular weight is 144 g/mol. The number of hydrogen-bond donors (Lipinski definition) is 1. The molecule has 1 aliphatic rings. The molecule has 1 rings (SSSR count). The van der Waals surface area contributed by atoms with Gasteiger partial charge in [-0.1, -0.05) is 20.8 Å². The van der Waals surface area contributed by atoms with Crippen LogP contribution in [0.1, 0.15) is 27.2 Å². The second-order valence-electron chi connectivity index (χ2n) is 3.19. The van der Waals surface area contributed by atoms with Crippen molar-refractivity contribution in [3.8, 4) is 0 Å². The third-order valence-electron chi connectivity index (χ3n) is 2.58. The zero-order chi connectivity index (χ0) is 7.72. The Morgan fingerprint density at radius 2 is 1.90 bits per heavy atom. The molecule has 4 atom stereocenters. The maximum atomic E-state index is 9.25. The summed E-state index contributed by atoms with van der Waals surface area (Å²) in [7, 11) is 0. The Kier molecular flexibility index (Phi) is 2.32. The molecule has 0 aromatic rings. The summed E-state index contributed by atoms with van der Waals surface area (Å²) in [6, 6.07) is 0. The molecule has 0 amide bonds. The van der Waals surface area contributed by atoms with Crippen molar-refractivity contribution in [2.24, 2.45) is 11.8 Å². The van der Waals surface area contributed by atoms with Crippen molar-refractivity contribution in [3.05, 3.63) is 0 Å². The topological polar surface area (TPSA) is 29.5 Å². The van der Waals surface area contributed by atoms with Crippen LogP contribution in [-0.4, -0.2) is 17.5 Å². The van der Waals surface area contributed by atoms with Crippen LogP contribution < -0.4 is 0 Å². The maximum Gasteiger partial charge on any atom is 0.157 e. The van der Waals surface area contributed by atoms with Crippen molar-refractivity contribution in [1.29, 1.82) is 0 Å². The summed E-state index contributed by atoms with van der Waals surface area (Å²) in [6.07, 6.45) is 0.743. The molecule has 0 saturated carbocycles. The van der Waals surface area contributed by atoms with E-state index in [2.05, 4.69) is 13.8 Å². The van der Waals surface area contributed by atoms with Crippen LogP contribution in [0.15, 0.2) is 0 Å². The van der Waals surface area contributed by atoms with Crippen LogP contribution >= 0.6 is 0 Å². The molecule has 0 bridgehead atoms. The van der Waals surface area contributed by atoms with Gasteiger partial charge in [0.1, 0.15) is 0 Å². The van der Waals surface area contributed by atoms with Crippen molar-refractivity contribution in [2.45, 2.75) is 39.6 Å². The predicted molar refractivity (Wildman–Crippen MR) is 39.5 cm³/mol. The van der Waals surface area contributed by atoms with E-state index in [9.17, 15) is 5.11 Å². The SMILES string of the molecule is CC[C@H]1OC(O)[C@@H](C)[C@@H]1C. The summed E-state index contributed by atoms with van der Waals surface area (Å²) in [4.78, 5) is 0.